The SMILES string of the molecule is Cn1cc(S(=O)(=O)Nc2cccc(C(=O)N3CCCC3)c2)cn1. The molecule has 0 radical (unpaired) electrons. The Balaban J connectivity index is 1.81. The Kier molecular flexibility index (Phi) is 4.08. The van der Waals surface area contributed by atoms with Crippen molar-refractivity contribution in [3.8, 4) is 0 Å². The van der Waals surface area contributed by atoms with Crippen molar-refractivity contribution in [3.63, 3.8) is 0 Å². The highest BCUT2D eigenvalue weighted by molar-refractivity contribution is 7.92. The van der Waals surface area contributed by atoms with E-state index in [0.717, 1.165) is 25.9 Å². The van der Waals surface area contributed by atoms with Gasteiger partial charge >= 0.3 is 0 Å². The van der Waals surface area contributed by atoms with Crippen LogP contribution < -0.4 is 4.72 Å². The van der Waals surface area contributed by atoms with Gasteiger partial charge in [-0.05, 0) is 31.0 Å². The quantitative estimate of drug-likeness (QED) is 0.917. The van der Waals surface area contributed by atoms with Crippen LogP contribution in [0.3, 0.4) is 0 Å². The van der Waals surface area contributed by atoms with E-state index in [2.05, 4.69) is 9.82 Å². The van der Waals surface area contributed by atoms with E-state index >= 15 is 0 Å². The molecule has 3 rings (SSSR count). The zero-order chi connectivity index (χ0) is 16.4. The molecule has 0 unspecified atom stereocenters. The highest BCUT2D eigenvalue weighted by Gasteiger charge is 2.21. The first-order chi connectivity index (χ1) is 11.0. The highest BCUT2D eigenvalue weighted by Crippen LogP contribution is 2.19. The molecule has 1 aliphatic heterocycles. The molecule has 0 bridgehead atoms. The number of nitrogens with one attached hydrogen (secondary N) is 1. The molecule has 1 aromatic heterocycles. The van der Waals surface area contributed by atoms with Crippen LogP contribution in [0, 0.1) is 0 Å². The van der Waals surface area contributed by atoms with Gasteiger partial charge in [0.25, 0.3) is 15.9 Å². The molecule has 0 saturated carbocycles. The maximum absolute atomic E-state index is 12.4. The average Bonchev–Trinajstić information content (AvgIpc) is 3.17. The van der Waals surface area contributed by atoms with Gasteiger partial charge in [0, 0.05) is 37.6 Å². The third-order valence-corrected chi connectivity index (χ3v) is 5.08. The number of carbonyl (C=O) groups excluding carboxylic acids is 1. The van der Waals surface area contributed by atoms with E-state index < -0.39 is 10.0 Å². The highest BCUT2D eigenvalue weighted by atomic mass is 32.2. The normalized spacial score (nSPS) is 14.9. The summed E-state index contributed by atoms with van der Waals surface area (Å²) in [5, 5.41) is 3.86. The second kappa shape index (κ2) is 6.04. The standard InChI is InChI=1S/C15H18N4O3S/c1-18-11-14(10-16-18)23(21,22)17-13-6-4-5-12(9-13)15(20)19-7-2-3-8-19/h4-6,9-11,17H,2-3,7-8H2,1H3. The minimum atomic E-state index is -3.71. The first kappa shape index (κ1) is 15.5. The van der Waals surface area contributed by atoms with E-state index in [1.54, 1.807) is 36.2 Å². The summed E-state index contributed by atoms with van der Waals surface area (Å²) in [5.74, 6) is -0.0649. The molecule has 1 aliphatic rings. The summed E-state index contributed by atoms with van der Waals surface area (Å²) in [5.41, 5.74) is 0.845. The fourth-order valence-corrected chi connectivity index (χ4v) is 3.60. The van der Waals surface area contributed by atoms with Crippen molar-refractivity contribution in [1.29, 1.82) is 0 Å². The van der Waals surface area contributed by atoms with Gasteiger partial charge in [-0.3, -0.25) is 14.2 Å². The van der Waals surface area contributed by atoms with Gasteiger partial charge in [0.2, 0.25) is 0 Å². The summed E-state index contributed by atoms with van der Waals surface area (Å²) in [6.45, 7) is 1.51. The van der Waals surface area contributed by atoms with Crippen LogP contribution in [0.4, 0.5) is 5.69 Å². The number of hydrogen-bond acceptors (Lipinski definition) is 4. The fraction of sp³-hybridized carbons (Fsp3) is 0.333. The topological polar surface area (TPSA) is 84.3 Å². The average molecular weight is 334 g/mol. The van der Waals surface area contributed by atoms with Gasteiger partial charge in [0.15, 0.2) is 0 Å². The Morgan fingerprint density at radius 1 is 1.26 bits per heavy atom. The van der Waals surface area contributed by atoms with Crippen LogP contribution in [0.15, 0.2) is 41.6 Å². The first-order valence-electron chi connectivity index (χ1n) is 7.36. The molecule has 8 heteroatoms. The van der Waals surface area contributed by atoms with Gasteiger partial charge in [-0.15, -0.1) is 0 Å². The number of anilines is 1. The van der Waals surface area contributed by atoms with Gasteiger partial charge in [-0.2, -0.15) is 5.10 Å². The molecule has 0 atom stereocenters. The van der Waals surface area contributed by atoms with Crippen molar-refractivity contribution in [2.45, 2.75) is 17.7 Å². The summed E-state index contributed by atoms with van der Waals surface area (Å²) < 4.78 is 28.5. The number of rotatable bonds is 4. The minimum Gasteiger partial charge on any atom is -0.339 e. The molecule has 2 heterocycles. The Morgan fingerprint density at radius 2 is 2.00 bits per heavy atom. The zero-order valence-corrected chi connectivity index (χ0v) is 13.6. The predicted molar refractivity (Wildman–Crippen MR) is 85.6 cm³/mol. The summed E-state index contributed by atoms with van der Waals surface area (Å²) in [4.78, 5) is 14.2. The van der Waals surface area contributed by atoms with Crippen LogP contribution in [0.2, 0.25) is 0 Å². The number of likely N-dealkylation sites (tertiary alicyclic amines) is 1. The number of aryl methyl sites for hydroxylation is 1. The minimum absolute atomic E-state index is 0.0649. The molecule has 7 nitrogen and oxygen atoms in total. The molecule has 1 fully saturated rings. The van der Waals surface area contributed by atoms with Crippen LogP contribution in [-0.4, -0.2) is 42.1 Å². The van der Waals surface area contributed by atoms with Crippen molar-refractivity contribution in [2.24, 2.45) is 7.05 Å². The van der Waals surface area contributed by atoms with E-state index in [9.17, 15) is 13.2 Å². The van der Waals surface area contributed by atoms with Crippen molar-refractivity contribution in [2.75, 3.05) is 17.8 Å². The number of carbonyl (C=O) groups is 1. The summed E-state index contributed by atoms with van der Waals surface area (Å²) in [6.07, 6.45) is 4.72. The molecule has 1 amide bonds. The summed E-state index contributed by atoms with van der Waals surface area (Å²) in [6, 6.07) is 6.55. The summed E-state index contributed by atoms with van der Waals surface area (Å²) >= 11 is 0. The Labute approximate surface area is 135 Å². The fourth-order valence-electron chi connectivity index (χ4n) is 2.57. The molecular formula is C15H18N4O3S. The second-order valence-electron chi connectivity index (χ2n) is 5.54. The largest absolute Gasteiger partial charge is 0.339 e. The van der Waals surface area contributed by atoms with Crippen molar-refractivity contribution < 1.29 is 13.2 Å². The second-order valence-corrected chi connectivity index (χ2v) is 7.22. The van der Waals surface area contributed by atoms with Crippen LogP contribution >= 0.6 is 0 Å². The lowest BCUT2D eigenvalue weighted by molar-refractivity contribution is 0.0793. The molecule has 1 aromatic carbocycles. The third kappa shape index (κ3) is 3.37. The molecule has 1 N–H and O–H groups in total. The Hall–Kier alpha value is -2.35. The molecule has 122 valence electrons. The van der Waals surface area contributed by atoms with Crippen LogP contribution in [-0.2, 0) is 17.1 Å². The molecule has 2 aromatic rings. The molecule has 1 saturated heterocycles. The van der Waals surface area contributed by atoms with Crippen LogP contribution in [0.25, 0.3) is 0 Å². The summed E-state index contributed by atoms with van der Waals surface area (Å²) in [7, 11) is -2.07. The smallest absolute Gasteiger partial charge is 0.265 e. The monoisotopic (exact) mass is 334 g/mol. The van der Waals surface area contributed by atoms with E-state index in [1.165, 1.54) is 17.1 Å². The molecule has 23 heavy (non-hydrogen) atoms. The van der Waals surface area contributed by atoms with Gasteiger partial charge < -0.3 is 4.90 Å². The van der Waals surface area contributed by atoms with Gasteiger partial charge in [-0.25, -0.2) is 8.42 Å². The van der Waals surface area contributed by atoms with Crippen molar-refractivity contribution >= 4 is 21.6 Å². The Bertz CT molecular complexity index is 823. The molecule has 0 spiro atoms. The maximum atomic E-state index is 12.4. The van der Waals surface area contributed by atoms with Gasteiger partial charge in [-0.1, -0.05) is 6.07 Å². The van der Waals surface area contributed by atoms with Gasteiger partial charge in [0.05, 0.1) is 6.20 Å². The number of aromatic nitrogens is 2. The van der Waals surface area contributed by atoms with E-state index in [4.69, 9.17) is 0 Å². The predicted octanol–water partition coefficient (Wildman–Crippen LogP) is 1.46. The van der Waals surface area contributed by atoms with Crippen LogP contribution in [0.1, 0.15) is 23.2 Å². The molecular weight excluding hydrogens is 316 g/mol. The zero-order valence-electron chi connectivity index (χ0n) is 12.8. The number of amides is 1. The number of nitrogens with zero attached hydrogens (tertiary/aromatic N) is 3. The number of sulfonamides is 1. The Morgan fingerprint density at radius 3 is 2.65 bits per heavy atom. The number of benzene rings is 1. The first-order valence-corrected chi connectivity index (χ1v) is 8.85. The number of hydrogen-bond donors (Lipinski definition) is 1. The lowest BCUT2D eigenvalue weighted by Crippen LogP contribution is -2.27. The lowest BCUT2D eigenvalue weighted by atomic mass is 10.2. The van der Waals surface area contributed by atoms with Crippen molar-refractivity contribution in [1.82, 2.24) is 14.7 Å². The van der Waals surface area contributed by atoms with Crippen LogP contribution in [0.5, 0.6) is 0 Å². The van der Waals surface area contributed by atoms with E-state index in [1.807, 2.05) is 0 Å². The molecule has 0 aliphatic carbocycles. The van der Waals surface area contributed by atoms with Crippen molar-refractivity contribution in [3.05, 3.63) is 42.2 Å². The maximum Gasteiger partial charge on any atom is 0.265 e. The van der Waals surface area contributed by atoms with Gasteiger partial charge in [0.1, 0.15) is 4.90 Å². The van der Waals surface area contributed by atoms with E-state index in [0.29, 0.717) is 11.3 Å². The van der Waals surface area contributed by atoms with E-state index in [-0.39, 0.29) is 10.8 Å². The lowest BCUT2D eigenvalue weighted by Gasteiger charge is -2.16. The third-order valence-electron chi connectivity index (χ3n) is 3.75.